The second kappa shape index (κ2) is 13.9. The molecule has 0 aromatic heterocycles. The summed E-state index contributed by atoms with van der Waals surface area (Å²) in [4.78, 5) is 11.3. The van der Waals surface area contributed by atoms with Crippen LogP contribution in [0.15, 0.2) is 36.5 Å². The van der Waals surface area contributed by atoms with Crippen molar-refractivity contribution in [3.8, 4) is 0 Å². The largest absolute Gasteiger partial charge is 0.354 e. The molecule has 0 saturated heterocycles. The molecule has 2 atom stereocenters. The average molecular weight is 348 g/mol. The van der Waals surface area contributed by atoms with Gasteiger partial charge in [-0.2, -0.15) is 0 Å². The summed E-state index contributed by atoms with van der Waals surface area (Å²) in [5, 5.41) is 3.08. The van der Waals surface area contributed by atoms with Gasteiger partial charge in [0.05, 0.1) is 0 Å². The normalized spacial score (nSPS) is 13.1. The molecule has 0 aliphatic heterocycles. The number of rotatable bonds is 15. The van der Waals surface area contributed by atoms with E-state index in [2.05, 4.69) is 38.9 Å². The molecule has 0 rings (SSSR count). The van der Waals surface area contributed by atoms with Crippen LogP contribution in [0, 0.1) is 5.92 Å². The fourth-order valence-corrected chi connectivity index (χ4v) is 3.38. The van der Waals surface area contributed by atoms with Crippen molar-refractivity contribution in [3.05, 3.63) is 36.5 Å². The third-order valence-electron chi connectivity index (χ3n) is 4.94. The third-order valence-corrected chi connectivity index (χ3v) is 4.94. The Bertz CT molecular complexity index is 435. The van der Waals surface area contributed by atoms with E-state index in [4.69, 9.17) is 0 Å². The minimum absolute atomic E-state index is 0.0823. The van der Waals surface area contributed by atoms with Gasteiger partial charge in [-0.25, -0.2) is 0 Å². The van der Waals surface area contributed by atoms with Gasteiger partial charge in [-0.15, -0.1) is 0 Å². The molecule has 1 amide bonds. The van der Waals surface area contributed by atoms with Crippen molar-refractivity contribution < 1.29 is 4.79 Å². The highest BCUT2D eigenvalue weighted by atomic mass is 16.1. The van der Waals surface area contributed by atoms with Gasteiger partial charge >= 0.3 is 0 Å². The standard InChI is InChI=1S/C23H41NO/c1-8-12-22(16-10-14-19(5)18(3)4)20(6)15-11-17-23(13-9-2)24-21(7)25/h22-23H,3,5-6,8-17H2,1-2,4,7H3,(H,24,25). The summed E-state index contributed by atoms with van der Waals surface area (Å²) in [5.41, 5.74) is 3.67. The molecule has 0 aromatic rings. The molecule has 1 N–H and O–H groups in total. The Morgan fingerprint density at radius 1 is 0.880 bits per heavy atom. The molecule has 25 heavy (non-hydrogen) atoms. The zero-order valence-corrected chi connectivity index (χ0v) is 17.3. The van der Waals surface area contributed by atoms with Crippen molar-refractivity contribution in [3.63, 3.8) is 0 Å². The molecular weight excluding hydrogens is 306 g/mol. The molecule has 0 heterocycles. The molecule has 0 bridgehead atoms. The van der Waals surface area contributed by atoms with Crippen LogP contribution in [0.3, 0.4) is 0 Å². The van der Waals surface area contributed by atoms with E-state index in [0.717, 1.165) is 44.1 Å². The number of hydrogen-bond acceptors (Lipinski definition) is 1. The van der Waals surface area contributed by atoms with Gasteiger partial charge in [-0.3, -0.25) is 4.79 Å². The van der Waals surface area contributed by atoms with Crippen LogP contribution >= 0.6 is 0 Å². The summed E-state index contributed by atoms with van der Waals surface area (Å²) in [7, 11) is 0. The van der Waals surface area contributed by atoms with Crippen LogP contribution < -0.4 is 5.32 Å². The Labute approximate surface area is 156 Å². The summed E-state index contributed by atoms with van der Waals surface area (Å²) in [5.74, 6) is 0.701. The van der Waals surface area contributed by atoms with Crippen LogP contribution in [0.1, 0.15) is 91.9 Å². The molecule has 0 aliphatic carbocycles. The molecular formula is C23H41NO. The first kappa shape index (κ1) is 23.7. The Hall–Kier alpha value is -1.31. The number of nitrogens with one attached hydrogen (secondary N) is 1. The van der Waals surface area contributed by atoms with E-state index in [1.807, 2.05) is 6.92 Å². The number of allylic oxidation sites excluding steroid dienone is 3. The van der Waals surface area contributed by atoms with Crippen LogP contribution in [0.5, 0.6) is 0 Å². The van der Waals surface area contributed by atoms with Crippen LogP contribution in [-0.4, -0.2) is 11.9 Å². The Morgan fingerprint density at radius 2 is 1.48 bits per heavy atom. The highest BCUT2D eigenvalue weighted by Crippen LogP contribution is 2.27. The highest BCUT2D eigenvalue weighted by molar-refractivity contribution is 5.73. The van der Waals surface area contributed by atoms with Crippen LogP contribution in [0.4, 0.5) is 0 Å². The monoisotopic (exact) mass is 347 g/mol. The fourth-order valence-electron chi connectivity index (χ4n) is 3.38. The first-order valence-electron chi connectivity index (χ1n) is 10.1. The Balaban J connectivity index is 4.31. The van der Waals surface area contributed by atoms with Crippen LogP contribution in [0.2, 0.25) is 0 Å². The summed E-state index contributed by atoms with van der Waals surface area (Å²) >= 11 is 0. The second-order valence-corrected chi connectivity index (χ2v) is 7.50. The zero-order valence-electron chi connectivity index (χ0n) is 17.3. The van der Waals surface area contributed by atoms with E-state index in [1.165, 1.54) is 36.8 Å². The molecule has 0 radical (unpaired) electrons. The molecule has 2 unspecified atom stereocenters. The van der Waals surface area contributed by atoms with Crippen molar-refractivity contribution in [1.29, 1.82) is 0 Å². The smallest absolute Gasteiger partial charge is 0.217 e. The Kier molecular flexibility index (Phi) is 13.2. The van der Waals surface area contributed by atoms with Crippen LogP contribution in [0.25, 0.3) is 0 Å². The molecule has 2 heteroatoms. The SMILES string of the molecule is C=C(C)C(=C)CCCC(CCC)C(=C)CCCC(CCC)NC(C)=O. The molecule has 0 aliphatic rings. The topological polar surface area (TPSA) is 29.1 Å². The molecule has 0 fully saturated rings. The lowest BCUT2D eigenvalue weighted by molar-refractivity contribution is -0.119. The maximum atomic E-state index is 11.3. The number of amides is 1. The lowest BCUT2D eigenvalue weighted by atomic mass is 9.86. The van der Waals surface area contributed by atoms with Crippen molar-refractivity contribution in [1.82, 2.24) is 5.32 Å². The Morgan fingerprint density at radius 3 is 2.00 bits per heavy atom. The number of carbonyl (C=O) groups excluding carboxylic acids is 1. The van der Waals surface area contributed by atoms with Gasteiger partial charge < -0.3 is 5.32 Å². The van der Waals surface area contributed by atoms with Crippen molar-refractivity contribution in [2.45, 2.75) is 97.9 Å². The van der Waals surface area contributed by atoms with Crippen LogP contribution in [-0.2, 0) is 4.79 Å². The van der Waals surface area contributed by atoms with E-state index in [-0.39, 0.29) is 5.91 Å². The first-order chi connectivity index (χ1) is 11.8. The average Bonchev–Trinajstić information content (AvgIpc) is 2.53. The minimum atomic E-state index is 0.0823. The molecule has 144 valence electrons. The van der Waals surface area contributed by atoms with Crippen molar-refractivity contribution >= 4 is 5.91 Å². The van der Waals surface area contributed by atoms with E-state index in [9.17, 15) is 4.79 Å². The highest BCUT2D eigenvalue weighted by Gasteiger charge is 2.14. The maximum Gasteiger partial charge on any atom is 0.217 e. The van der Waals surface area contributed by atoms with E-state index < -0.39 is 0 Å². The first-order valence-corrected chi connectivity index (χ1v) is 10.1. The summed E-state index contributed by atoms with van der Waals surface area (Å²) < 4.78 is 0. The molecule has 0 saturated carbocycles. The number of carbonyl (C=O) groups is 1. The van der Waals surface area contributed by atoms with E-state index >= 15 is 0 Å². The van der Waals surface area contributed by atoms with Crippen molar-refractivity contribution in [2.24, 2.45) is 5.92 Å². The number of hydrogen-bond donors (Lipinski definition) is 1. The third kappa shape index (κ3) is 11.8. The molecule has 0 spiro atoms. The summed E-state index contributed by atoms with van der Waals surface area (Å²) in [6.07, 6.45) is 11.3. The van der Waals surface area contributed by atoms with E-state index in [0.29, 0.717) is 12.0 Å². The lowest BCUT2D eigenvalue weighted by Gasteiger charge is -2.21. The zero-order chi connectivity index (χ0) is 19.2. The van der Waals surface area contributed by atoms with Gasteiger partial charge in [0.1, 0.15) is 0 Å². The van der Waals surface area contributed by atoms with Gasteiger partial charge in [0.15, 0.2) is 0 Å². The van der Waals surface area contributed by atoms with E-state index in [1.54, 1.807) is 6.92 Å². The molecule has 2 nitrogen and oxygen atoms in total. The second-order valence-electron chi connectivity index (χ2n) is 7.50. The minimum Gasteiger partial charge on any atom is -0.354 e. The predicted octanol–water partition coefficient (Wildman–Crippen LogP) is 6.74. The van der Waals surface area contributed by atoms with Gasteiger partial charge in [0, 0.05) is 13.0 Å². The van der Waals surface area contributed by atoms with Gasteiger partial charge in [-0.1, -0.05) is 63.1 Å². The molecule has 0 aromatic carbocycles. The summed E-state index contributed by atoms with van der Waals surface area (Å²) in [6, 6.07) is 0.318. The summed E-state index contributed by atoms with van der Waals surface area (Å²) in [6.45, 7) is 20.5. The fraction of sp³-hybridized carbons (Fsp3) is 0.696. The lowest BCUT2D eigenvalue weighted by Crippen LogP contribution is -2.32. The predicted molar refractivity (Wildman–Crippen MR) is 112 cm³/mol. The van der Waals surface area contributed by atoms with Gasteiger partial charge in [0.25, 0.3) is 0 Å². The van der Waals surface area contributed by atoms with Crippen molar-refractivity contribution in [2.75, 3.05) is 0 Å². The quantitative estimate of drug-likeness (QED) is 0.258. The van der Waals surface area contributed by atoms with Gasteiger partial charge in [0.2, 0.25) is 5.91 Å². The maximum absolute atomic E-state index is 11.3. The van der Waals surface area contributed by atoms with Gasteiger partial charge in [-0.05, 0) is 64.2 Å².